The zero-order chi connectivity index (χ0) is 57.4. The minimum absolute atomic E-state index is 0.00435. The molecule has 23 heteroatoms. The molecule has 0 saturated carbocycles. The Morgan fingerprint density at radius 1 is 0.789 bits per heavy atom. The number of allylic oxidation sites excluding steroid dienone is 2. The lowest BCUT2D eigenvalue weighted by Gasteiger charge is -2.30. The molecule has 76 heavy (non-hydrogen) atoms. The molecule has 1 heterocycles. The lowest BCUT2D eigenvalue weighted by atomic mass is 9.94. The van der Waals surface area contributed by atoms with Crippen molar-refractivity contribution in [3.63, 3.8) is 0 Å². The number of nitrogens with two attached hydrogens (primary N) is 2. The summed E-state index contributed by atoms with van der Waals surface area (Å²) in [5.41, 5.74) is 12.9. The molecule has 7 amide bonds. The number of aliphatic hydroxyl groups excluding tert-OH is 1. The van der Waals surface area contributed by atoms with Gasteiger partial charge in [-0.15, -0.1) is 0 Å². The molecule has 0 unspecified atom stereocenters. The largest absolute Gasteiger partial charge is 0.480 e. The summed E-state index contributed by atoms with van der Waals surface area (Å²) < 4.78 is 10.8. The zero-order valence-electron chi connectivity index (χ0n) is 45.9. The molecule has 11 atom stereocenters. The Morgan fingerprint density at radius 3 is 1.88 bits per heavy atom. The molecule has 1 aromatic carbocycles. The fraction of sp³-hybridized carbons (Fsp3) is 0.623. The van der Waals surface area contributed by atoms with E-state index in [9.17, 15) is 53.4 Å². The third-order valence-electron chi connectivity index (χ3n) is 13.0. The molecule has 1 aliphatic rings. The van der Waals surface area contributed by atoms with Crippen LogP contribution in [-0.2, 0) is 59.0 Å². The number of rotatable bonds is 18. The van der Waals surface area contributed by atoms with Crippen molar-refractivity contribution in [2.24, 2.45) is 46.0 Å². The first kappa shape index (κ1) is 65.2. The van der Waals surface area contributed by atoms with E-state index in [1.54, 1.807) is 47.0 Å². The van der Waals surface area contributed by atoms with Crippen LogP contribution in [0.5, 0.6) is 0 Å². The summed E-state index contributed by atoms with van der Waals surface area (Å²) in [6.45, 7) is 12.7. The van der Waals surface area contributed by atoms with E-state index < -0.39 is 120 Å². The van der Waals surface area contributed by atoms with Gasteiger partial charge in [-0.3, -0.25) is 38.6 Å². The molecule has 1 aliphatic heterocycles. The number of carbonyl (C=O) groups is 9. The van der Waals surface area contributed by atoms with Crippen molar-refractivity contribution in [2.45, 2.75) is 149 Å². The summed E-state index contributed by atoms with van der Waals surface area (Å²) in [5, 5.41) is 36.5. The first-order valence-corrected chi connectivity index (χ1v) is 25.7. The fourth-order valence-electron chi connectivity index (χ4n) is 8.45. The number of methoxy groups -OCH3 is 2. The lowest BCUT2D eigenvalue weighted by Crippen LogP contribution is -2.60. The van der Waals surface area contributed by atoms with Gasteiger partial charge in [0.2, 0.25) is 41.4 Å². The topological polar surface area (TPSA) is 352 Å². The highest BCUT2D eigenvalue weighted by molar-refractivity contribution is 5.97. The molecule has 0 bridgehead atoms. The smallest absolute Gasteiger partial charge is 0.328 e. The summed E-state index contributed by atoms with van der Waals surface area (Å²) in [7, 11) is 3.95. The van der Waals surface area contributed by atoms with E-state index in [0.717, 1.165) is 23.1 Å². The summed E-state index contributed by atoms with van der Waals surface area (Å²) in [5.74, 6) is -12.0. The van der Waals surface area contributed by atoms with E-state index in [1.165, 1.54) is 20.9 Å². The Balaban J connectivity index is 2.82. The highest BCUT2D eigenvalue weighted by atomic mass is 16.5. The predicted octanol–water partition coefficient (Wildman–Crippen LogP) is 0.580. The molecule has 0 radical (unpaired) electrons. The van der Waals surface area contributed by atoms with E-state index in [4.69, 9.17) is 20.9 Å². The molecule has 1 fully saturated rings. The number of carboxylic acids is 1. The standard InChI is InChI=1S/C53H84N10O13/c1-29(2)24-39-48(69)60-40(25-30(3)4)49(70)62-44(51(72)73)34(8)46(67)58-37(18-15-23-56-53(54)55)47(68)57-36(20-19-31(5)26-32(6)42(75-10)27-35-16-13-12-14-17-35)33(7)45(66)59-38(52(74)76-11)21-22-43(65)63(9)41(28-64)50(71)61-39/h12-14,16-17,19-20,26,29-30,32-34,36-42,44,64H,15,18,21-25,27-28H2,1-11H3,(H,57,68)(H,58,67)(H,59,66)(H,60,69)(H,61,71)(H,62,70)(H,72,73)(H4,54,55,56)/b20-19+,31-26+/t32-,33-,34-,36-,37-,38+,39+,40-,41-,42-,44+/m0/s1. The minimum atomic E-state index is -1.90. The lowest BCUT2D eigenvalue weighted by molar-refractivity contribution is -0.147. The Morgan fingerprint density at radius 2 is 1.34 bits per heavy atom. The summed E-state index contributed by atoms with van der Waals surface area (Å²) in [6.07, 6.45) is 4.90. The Bertz CT molecular complexity index is 2220. The number of esters is 1. The van der Waals surface area contributed by atoms with Gasteiger partial charge in [-0.25, -0.2) is 9.59 Å². The van der Waals surface area contributed by atoms with Crippen LogP contribution in [-0.4, -0.2) is 157 Å². The molecule has 2 rings (SSSR count). The molecule has 23 nitrogen and oxygen atoms in total. The first-order valence-electron chi connectivity index (χ1n) is 25.7. The highest BCUT2D eigenvalue weighted by Gasteiger charge is 2.38. The summed E-state index contributed by atoms with van der Waals surface area (Å²) >= 11 is 0. The second-order valence-corrected chi connectivity index (χ2v) is 20.2. The number of carbonyl (C=O) groups excluding carboxylic acids is 8. The van der Waals surface area contributed by atoms with Crippen molar-refractivity contribution in [1.29, 1.82) is 0 Å². The molecular weight excluding hydrogens is 985 g/mol. The number of carboxylic acid groups (broad SMARTS) is 1. The SMILES string of the molecule is COC(=O)[C@H]1CCC(=O)N(C)[C@@H](CO)C(=O)N[C@H](CC(C)C)C(=O)N[C@@H](CC(C)C)C(=O)N[C@@H](C(=O)O)[C@H](C)C(=O)N[C@@H](CCCN=C(N)N)C(=O)N[C@@H](/C=C/C(C)=C/[C@H](C)[C@H](Cc2ccccc2)OC)[C@H](C)C(=O)N1. The van der Waals surface area contributed by atoms with Crippen molar-refractivity contribution < 1.29 is 62.8 Å². The molecule has 1 saturated heterocycles. The number of amides is 7. The number of aliphatic imine (C=N–C) groups is 1. The van der Waals surface area contributed by atoms with Crippen LogP contribution in [0, 0.1) is 29.6 Å². The maximum atomic E-state index is 14.5. The van der Waals surface area contributed by atoms with Gasteiger partial charge in [0.05, 0.1) is 37.7 Å². The highest BCUT2D eigenvalue weighted by Crippen LogP contribution is 2.19. The van der Waals surface area contributed by atoms with Gasteiger partial charge in [0.1, 0.15) is 36.3 Å². The fourth-order valence-corrected chi connectivity index (χ4v) is 8.45. The zero-order valence-corrected chi connectivity index (χ0v) is 45.9. The maximum Gasteiger partial charge on any atom is 0.328 e. The van der Waals surface area contributed by atoms with Gasteiger partial charge in [-0.05, 0) is 62.8 Å². The summed E-state index contributed by atoms with van der Waals surface area (Å²) in [6, 6.07) is -0.308. The number of likely N-dealkylation sites (N-methyl/N-ethyl adjacent to an activating group) is 1. The van der Waals surface area contributed by atoms with E-state index in [-0.39, 0.29) is 68.5 Å². The third kappa shape index (κ3) is 21.8. The molecule has 0 aliphatic carbocycles. The van der Waals surface area contributed by atoms with Gasteiger partial charge >= 0.3 is 11.9 Å². The molecule has 0 spiro atoms. The second kappa shape index (κ2) is 32.5. The van der Waals surface area contributed by atoms with Gasteiger partial charge in [0.15, 0.2) is 5.96 Å². The average molecular weight is 1070 g/mol. The van der Waals surface area contributed by atoms with Crippen molar-refractivity contribution in [3.8, 4) is 0 Å². The van der Waals surface area contributed by atoms with Gasteiger partial charge in [0, 0.05) is 33.0 Å². The number of hydrogen-bond donors (Lipinski definition) is 10. The van der Waals surface area contributed by atoms with Crippen LogP contribution in [0.1, 0.15) is 99.5 Å². The number of nitrogens with one attached hydrogen (secondary N) is 6. The summed E-state index contributed by atoms with van der Waals surface area (Å²) in [4.78, 5) is 129. The number of nitrogens with zero attached hydrogens (tertiary/aromatic N) is 2. The van der Waals surface area contributed by atoms with Crippen LogP contribution in [0.3, 0.4) is 0 Å². The first-order chi connectivity index (χ1) is 35.7. The van der Waals surface area contributed by atoms with Gasteiger partial charge in [-0.1, -0.05) is 103 Å². The van der Waals surface area contributed by atoms with Gasteiger partial charge in [-0.2, -0.15) is 0 Å². The number of ether oxygens (including phenoxy) is 2. The van der Waals surface area contributed by atoms with E-state index >= 15 is 0 Å². The molecular formula is C53H84N10O13. The van der Waals surface area contributed by atoms with Crippen molar-refractivity contribution >= 4 is 59.2 Å². The van der Waals surface area contributed by atoms with E-state index in [0.29, 0.717) is 6.42 Å². The van der Waals surface area contributed by atoms with E-state index in [2.05, 4.69) is 36.9 Å². The predicted molar refractivity (Wildman–Crippen MR) is 284 cm³/mol. The minimum Gasteiger partial charge on any atom is -0.480 e. The second-order valence-electron chi connectivity index (χ2n) is 20.2. The number of hydrogen-bond acceptors (Lipinski definition) is 13. The maximum absolute atomic E-state index is 14.5. The van der Waals surface area contributed by atoms with Crippen molar-refractivity contribution in [2.75, 3.05) is 34.4 Å². The molecule has 0 aromatic heterocycles. The van der Waals surface area contributed by atoms with Crippen LogP contribution < -0.4 is 43.4 Å². The van der Waals surface area contributed by atoms with Crippen molar-refractivity contribution in [1.82, 2.24) is 36.8 Å². The normalized spacial score (nSPS) is 25.4. The van der Waals surface area contributed by atoms with Crippen LogP contribution in [0.15, 0.2) is 59.1 Å². The van der Waals surface area contributed by atoms with Crippen LogP contribution in [0.2, 0.25) is 0 Å². The Hall–Kier alpha value is -6.88. The quantitative estimate of drug-likeness (QED) is 0.0316. The number of guanidine groups is 1. The van der Waals surface area contributed by atoms with Crippen LogP contribution in [0.25, 0.3) is 0 Å². The van der Waals surface area contributed by atoms with Crippen LogP contribution in [0.4, 0.5) is 0 Å². The monoisotopic (exact) mass is 1070 g/mol. The average Bonchev–Trinajstić information content (AvgIpc) is 3.36. The molecule has 424 valence electrons. The van der Waals surface area contributed by atoms with Gasteiger partial charge in [0.25, 0.3) is 0 Å². The molecule has 1 aromatic rings. The molecule has 12 N–H and O–H groups in total. The van der Waals surface area contributed by atoms with Gasteiger partial charge < -0.3 is 68.0 Å². The number of aliphatic carboxylic acids is 1. The van der Waals surface area contributed by atoms with Crippen molar-refractivity contribution in [3.05, 3.63) is 59.7 Å². The Kier molecular flexibility index (Phi) is 27.9. The third-order valence-corrected chi connectivity index (χ3v) is 13.0. The van der Waals surface area contributed by atoms with Crippen LogP contribution >= 0.6 is 0 Å². The number of aliphatic hydroxyl groups is 1. The number of benzene rings is 1. The Labute approximate surface area is 446 Å². The van der Waals surface area contributed by atoms with E-state index in [1.807, 2.05) is 50.3 Å².